The highest BCUT2D eigenvalue weighted by Gasteiger charge is 2.31. The van der Waals surface area contributed by atoms with Crippen LogP contribution in [0, 0.1) is 5.92 Å². The standard InChI is InChI=1S/C17H31N3S/c1-6-13(5)16-15(11-18-10-12(3)4)21-17(19-16)20(7-2)14-8-9-14/h12-14,18H,6-11H2,1-5H3. The van der Waals surface area contributed by atoms with E-state index in [0.717, 1.165) is 32.1 Å². The summed E-state index contributed by atoms with van der Waals surface area (Å²) in [6.07, 6.45) is 3.84. The molecule has 1 aliphatic carbocycles. The zero-order valence-corrected chi connectivity index (χ0v) is 15.1. The van der Waals surface area contributed by atoms with Crippen LogP contribution in [-0.4, -0.2) is 24.1 Å². The number of anilines is 1. The maximum absolute atomic E-state index is 5.02. The predicted octanol–water partition coefficient (Wildman–Crippen LogP) is 4.39. The Kier molecular flexibility index (Phi) is 6.06. The van der Waals surface area contributed by atoms with Crippen LogP contribution in [0.3, 0.4) is 0 Å². The Labute approximate surface area is 134 Å². The van der Waals surface area contributed by atoms with E-state index in [1.54, 1.807) is 0 Å². The van der Waals surface area contributed by atoms with E-state index in [9.17, 15) is 0 Å². The molecule has 0 spiro atoms. The summed E-state index contributed by atoms with van der Waals surface area (Å²) in [4.78, 5) is 8.96. The highest BCUT2D eigenvalue weighted by atomic mass is 32.1. The minimum Gasteiger partial charge on any atom is -0.345 e. The first-order valence-corrected chi connectivity index (χ1v) is 9.35. The topological polar surface area (TPSA) is 28.2 Å². The van der Waals surface area contributed by atoms with E-state index in [0.29, 0.717) is 11.8 Å². The quantitative estimate of drug-likeness (QED) is 0.733. The highest BCUT2D eigenvalue weighted by Crippen LogP contribution is 2.37. The van der Waals surface area contributed by atoms with E-state index in [1.807, 2.05) is 11.3 Å². The molecular weight excluding hydrogens is 278 g/mol. The van der Waals surface area contributed by atoms with Crippen molar-refractivity contribution < 1.29 is 0 Å². The molecule has 0 aromatic carbocycles. The van der Waals surface area contributed by atoms with Crippen molar-refractivity contribution in [2.45, 2.75) is 72.4 Å². The second-order valence-electron chi connectivity index (χ2n) is 6.66. The maximum atomic E-state index is 5.02. The van der Waals surface area contributed by atoms with Crippen molar-refractivity contribution in [2.24, 2.45) is 5.92 Å². The van der Waals surface area contributed by atoms with Gasteiger partial charge in [-0.05, 0) is 44.6 Å². The average molecular weight is 310 g/mol. The third kappa shape index (κ3) is 4.43. The molecule has 21 heavy (non-hydrogen) atoms. The molecule has 1 fully saturated rings. The third-order valence-corrected chi connectivity index (χ3v) is 5.32. The van der Waals surface area contributed by atoms with Crippen molar-refractivity contribution in [3.63, 3.8) is 0 Å². The van der Waals surface area contributed by atoms with Crippen molar-refractivity contribution in [3.8, 4) is 0 Å². The first-order valence-electron chi connectivity index (χ1n) is 8.53. The Morgan fingerprint density at radius 2 is 2.00 bits per heavy atom. The monoisotopic (exact) mass is 309 g/mol. The lowest BCUT2D eigenvalue weighted by molar-refractivity contribution is 0.551. The zero-order valence-electron chi connectivity index (χ0n) is 14.3. The van der Waals surface area contributed by atoms with Crippen molar-refractivity contribution >= 4 is 16.5 Å². The summed E-state index contributed by atoms with van der Waals surface area (Å²) in [7, 11) is 0. The first kappa shape index (κ1) is 16.8. The van der Waals surface area contributed by atoms with Gasteiger partial charge in [0.1, 0.15) is 0 Å². The predicted molar refractivity (Wildman–Crippen MR) is 93.4 cm³/mol. The number of hydrogen-bond donors (Lipinski definition) is 1. The molecule has 1 saturated carbocycles. The van der Waals surface area contributed by atoms with Gasteiger partial charge in [0.25, 0.3) is 0 Å². The van der Waals surface area contributed by atoms with Gasteiger partial charge in [-0.15, -0.1) is 11.3 Å². The van der Waals surface area contributed by atoms with Crippen LogP contribution in [-0.2, 0) is 6.54 Å². The van der Waals surface area contributed by atoms with Crippen molar-refractivity contribution in [1.29, 1.82) is 0 Å². The molecule has 120 valence electrons. The molecule has 1 unspecified atom stereocenters. The van der Waals surface area contributed by atoms with Crippen LogP contribution in [0.2, 0.25) is 0 Å². The summed E-state index contributed by atoms with van der Waals surface area (Å²) in [6.45, 7) is 14.5. The van der Waals surface area contributed by atoms with Gasteiger partial charge in [0.2, 0.25) is 0 Å². The normalized spacial score (nSPS) is 16.5. The molecule has 1 aliphatic rings. The lowest BCUT2D eigenvalue weighted by Crippen LogP contribution is -2.24. The molecule has 3 nitrogen and oxygen atoms in total. The van der Waals surface area contributed by atoms with E-state index < -0.39 is 0 Å². The summed E-state index contributed by atoms with van der Waals surface area (Å²) in [5.74, 6) is 1.26. The average Bonchev–Trinajstić information content (AvgIpc) is 3.19. The summed E-state index contributed by atoms with van der Waals surface area (Å²) in [6, 6.07) is 0.752. The van der Waals surface area contributed by atoms with Gasteiger partial charge in [-0.3, -0.25) is 0 Å². The molecule has 0 bridgehead atoms. The van der Waals surface area contributed by atoms with Gasteiger partial charge >= 0.3 is 0 Å². The Hall–Kier alpha value is -0.610. The maximum Gasteiger partial charge on any atom is 0.186 e. The second-order valence-corrected chi connectivity index (χ2v) is 7.72. The van der Waals surface area contributed by atoms with Gasteiger partial charge in [0.05, 0.1) is 5.69 Å². The van der Waals surface area contributed by atoms with Crippen LogP contribution in [0.4, 0.5) is 5.13 Å². The first-order chi connectivity index (χ1) is 10.1. The second kappa shape index (κ2) is 7.59. The molecule has 0 amide bonds. The van der Waals surface area contributed by atoms with Crippen LogP contribution in [0.1, 0.15) is 70.4 Å². The fourth-order valence-corrected chi connectivity index (χ4v) is 3.87. The van der Waals surface area contributed by atoms with Gasteiger partial charge in [-0.1, -0.05) is 27.7 Å². The molecule has 1 aromatic heterocycles. The van der Waals surface area contributed by atoms with Gasteiger partial charge in [0, 0.05) is 24.0 Å². The van der Waals surface area contributed by atoms with Crippen molar-refractivity contribution in [1.82, 2.24) is 10.3 Å². The van der Waals surface area contributed by atoms with Crippen LogP contribution in [0.25, 0.3) is 0 Å². The number of hydrogen-bond acceptors (Lipinski definition) is 4. The van der Waals surface area contributed by atoms with E-state index in [1.165, 1.54) is 28.5 Å². The minimum absolute atomic E-state index is 0.559. The Bertz CT molecular complexity index is 437. The lowest BCUT2D eigenvalue weighted by Gasteiger charge is -2.18. The molecule has 0 aliphatic heterocycles. The molecule has 2 rings (SSSR count). The fraction of sp³-hybridized carbons (Fsp3) is 0.824. The summed E-state index contributed by atoms with van der Waals surface area (Å²) in [5.41, 5.74) is 1.33. The largest absolute Gasteiger partial charge is 0.345 e. The third-order valence-electron chi connectivity index (χ3n) is 4.21. The van der Waals surface area contributed by atoms with E-state index in [2.05, 4.69) is 44.8 Å². The van der Waals surface area contributed by atoms with Gasteiger partial charge in [-0.2, -0.15) is 0 Å². The van der Waals surface area contributed by atoms with Gasteiger partial charge in [-0.25, -0.2) is 4.98 Å². The fourth-order valence-electron chi connectivity index (χ4n) is 2.59. The van der Waals surface area contributed by atoms with E-state index in [4.69, 9.17) is 4.98 Å². The molecule has 0 radical (unpaired) electrons. The van der Waals surface area contributed by atoms with Gasteiger partial charge in [0.15, 0.2) is 5.13 Å². The Morgan fingerprint density at radius 1 is 1.29 bits per heavy atom. The zero-order chi connectivity index (χ0) is 15.4. The van der Waals surface area contributed by atoms with Crippen LogP contribution < -0.4 is 10.2 Å². The molecule has 1 atom stereocenters. The Morgan fingerprint density at radius 3 is 2.52 bits per heavy atom. The van der Waals surface area contributed by atoms with Crippen LogP contribution >= 0.6 is 11.3 Å². The van der Waals surface area contributed by atoms with Crippen LogP contribution in [0.5, 0.6) is 0 Å². The smallest absolute Gasteiger partial charge is 0.186 e. The number of rotatable bonds is 9. The van der Waals surface area contributed by atoms with Crippen LogP contribution in [0.15, 0.2) is 0 Å². The molecule has 0 saturated heterocycles. The summed E-state index contributed by atoms with van der Waals surface area (Å²) >= 11 is 1.91. The minimum atomic E-state index is 0.559. The lowest BCUT2D eigenvalue weighted by atomic mass is 10.0. The van der Waals surface area contributed by atoms with Crippen molar-refractivity contribution in [2.75, 3.05) is 18.0 Å². The van der Waals surface area contributed by atoms with Crippen molar-refractivity contribution in [3.05, 3.63) is 10.6 Å². The summed E-state index contributed by atoms with van der Waals surface area (Å²) in [5, 5.41) is 4.83. The molecule has 1 N–H and O–H groups in total. The number of aromatic nitrogens is 1. The molecule has 1 heterocycles. The molecule has 4 heteroatoms. The summed E-state index contributed by atoms with van der Waals surface area (Å²) < 4.78 is 0. The molecule has 1 aromatic rings. The van der Waals surface area contributed by atoms with E-state index in [-0.39, 0.29) is 0 Å². The Balaban J connectivity index is 2.13. The number of thiazole rings is 1. The number of nitrogens with zero attached hydrogens (tertiary/aromatic N) is 2. The number of nitrogens with one attached hydrogen (secondary N) is 1. The molecular formula is C17H31N3S. The van der Waals surface area contributed by atoms with Gasteiger partial charge < -0.3 is 10.2 Å². The van der Waals surface area contributed by atoms with E-state index >= 15 is 0 Å². The SMILES string of the molecule is CCC(C)c1nc(N(CC)C2CC2)sc1CNCC(C)C. The highest BCUT2D eigenvalue weighted by molar-refractivity contribution is 7.15.